The second-order valence-electron chi connectivity index (χ2n) is 6.34. The molecule has 1 aliphatic heterocycles. The lowest BCUT2D eigenvalue weighted by Gasteiger charge is -2.40. The van der Waals surface area contributed by atoms with Gasteiger partial charge in [0, 0.05) is 35.3 Å². The third kappa shape index (κ3) is 3.53. The minimum Gasteiger partial charge on any atom is -0.379 e. The van der Waals surface area contributed by atoms with Crippen LogP contribution in [0.2, 0.25) is 5.02 Å². The molecule has 0 atom stereocenters. The maximum absolute atomic E-state index is 12.5. The number of morpholine rings is 1. The molecule has 1 aliphatic rings. The van der Waals surface area contributed by atoms with Crippen LogP contribution in [0.4, 0.5) is 0 Å². The van der Waals surface area contributed by atoms with E-state index in [0.29, 0.717) is 16.4 Å². The van der Waals surface area contributed by atoms with E-state index in [2.05, 4.69) is 24.1 Å². The summed E-state index contributed by atoms with van der Waals surface area (Å²) in [5.41, 5.74) is -0.109. The Kier molecular flexibility index (Phi) is 4.92. The largest absolute Gasteiger partial charge is 0.379 e. The van der Waals surface area contributed by atoms with Crippen molar-refractivity contribution in [1.82, 2.24) is 10.2 Å². The van der Waals surface area contributed by atoms with Crippen molar-refractivity contribution in [2.24, 2.45) is 0 Å². The summed E-state index contributed by atoms with van der Waals surface area (Å²) in [5.74, 6) is -0.0995. The second kappa shape index (κ2) is 6.77. The monoisotopic (exact) mass is 352 g/mol. The lowest BCUT2D eigenvalue weighted by atomic mass is 10.0. The van der Waals surface area contributed by atoms with E-state index in [1.54, 1.807) is 0 Å². The van der Waals surface area contributed by atoms with Crippen LogP contribution in [-0.4, -0.2) is 49.2 Å². The summed E-state index contributed by atoms with van der Waals surface area (Å²) in [7, 11) is 0. The predicted octanol–water partition coefficient (Wildman–Crippen LogP) is 3.40. The van der Waals surface area contributed by atoms with E-state index in [9.17, 15) is 4.79 Å². The van der Waals surface area contributed by atoms with Crippen LogP contribution in [0.1, 0.15) is 23.5 Å². The van der Waals surface area contributed by atoms with E-state index < -0.39 is 0 Å². The number of benzene rings is 1. The van der Waals surface area contributed by atoms with Gasteiger partial charge in [-0.3, -0.25) is 9.69 Å². The molecule has 2 heterocycles. The number of nitrogens with one attached hydrogen (secondary N) is 1. The molecule has 1 aromatic heterocycles. The van der Waals surface area contributed by atoms with E-state index in [1.165, 1.54) is 11.3 Å². The molecule has 1 saturated heterocycles. The zero-order chi connectivity index (χ0) is 16.4. The third-order valence-electron chi connectivity index (χ3n) is 4.29. The van der Waals surface area contributed by atoms with Gasteiger partial charge in [0.1, 0.15) is 4.88 Å². The van der Waals surface area contributed by atoms with Gasteiger partial charge in [0.25, 0.3) is 5.91 Å². The molecule has 1 aromatic carbocycles. The fourth-order valence-electron chi connectivity index (χ4n) is 2.82. The topological polar surface area (TPSA) is 41.6 Å². The van der Waals surface area contributed by atoms with Crippen molar-refractivity contribution in [2.45, 2.75) is 19.4 Å². The van der Waals surface area contributed by atoms with Gasteiger partial charge in [-0.05, 0) is 19.9 Å². The maximum atomic E-state index is 12.5. The van der Waals surface area contributed by atoms with E-state index in [-0.39, 0.29) is 11.4 Å². The molecule has 23 heavy (non-hydrogen) atoms. The Hall–Kier alpha value is -1.14. The van der Waals surface area contributed by atoms with Crippen molar-refractivity contribution in [3.63, 3.8) is 0 Å². The number of nitrogens with zero attached hydrogens (tertiary/aromatic N) is 1. The highest BCUT2D eigenvalue weighted by Crippen LogP contribution is 2.35. The van der Waals surface area contributed by atoms with Crippen LogP contribution in [0.25, 0.3) is 10.1 Å². The second-order valence-corrected chi connectivity index (χ2v) is 7.77. The number of rotatable bonds is 4. The van der Waals surface area contributed by atoms with Crippen LogP contribution in [0.5, 0.6) is 0 Å². The zero-order valence-electron chi connectivity index (χ0n) is 13.4. The number of fused-ring (bicyclic) bond motifs is 1. The first-order valence-corrected chi connectivity index (χ1v) is 8.96. The number of carbonyl (C=O) groups excluding carboxylic acids is 1. The van der Waals surface area contributed by atoms with Gasteiger partial charge in [-0.2, -0.15) is 0 Å². The minimum atomic E-state index is -0.109. The molecular weight excluding hydrogens is 332 g/mol. The third-order valence-corrected chi connectivity index (χ3v) is 5.96. The van der Waals surface area contributed by atoms with Crippen molar-refractivity contribution < 1.29 is 9.53 Å². The van der Waals surface area contributed by atoms with Gasteiger partial charge in [0.2, 0.25) is 0 Å². The number of thiophene rings is 1. The molecule has 2 aromatic rings. The van der Waals surface area contributed by atoms with Gasteiger partial charge in [0.05, 0.1) is 18.2 Å². The number of carbonyl (C=O) groups is 1. The molecule has 0 spiro atoms. The van der Waals surface area contributed by atoms with Gasteiger partial charge in [0.15, 0.2) is 0 Å². The van der Waals surface area contributed by atoms with Crippen molar-refractivity contribution in [3.8, 4) is 0 Å². The molecule has 1 fully saturated rings. The first-order valence-electron chi connectivity index (χ1n) is 7.77. The number of halogens is 1. The van der Waals surface area contributed by atoms with Crippen LogP contribution in [-0.2, 0) is 4.74 Å². The lowest BCUT2D eigenvalue weighted by molar-refractivity contribution is -0.00922. The van der Waals surface area contributed by atoms with Gasteiger partial charge < -0.3 is 10.1 Å². The molecule has 4 nitrogen and oxygen atoms in total. The SMILES string of the molecule is CC(C)(CNC(=O)c1sc2ccccc2c1Cl)N1CCOCC1. The summed E-state index contributed by atoms with van der Waals surface area (Å²) >= 11 is 7.81. The maximum Gasteiger partial charge on any atom is 0.262 e. The highest BCUT2D eigenvalue weighted by atomic mass is 35.5. The summed E-state index contributed by atoms with van der Waals surface area (Å²) in [5, 5.41) is 4.53. The average molecular weight is 353 g/mol. The van der Waals surface area contributed by atoms with Crippen LogP contribution >= 0.6 is 22.9 Å². The van der Waals surface area contributed by atoms with Gasteiger partial charge in [-0.1, -0.05) is 29.8 Å². The molecular formula is C17H21ClN2O2S. The summed E-state index contributed by atoms with van der Waals surface area (Å²) in [6.45, 7) is 8.16. The number of amides is 1. The molecule has 6 heteroatoms. The Labute approximate surface area is 145 Å². The average Bonchev–Trinajstić information content (AvgIpc) is 2.91. The summed E-state index contributed by atoms with van der Waals surface area (Å²) in [6.07, 6.45) is 0. The zero-order valence-corrected chi connectivity index (χ0v) is 15.0. The molecule has 0 unspecified atom stereocenters. The van der Waals surface area contributed by atoms with E-state index in [4.69, 9.17) is 16.3 Å². The molecule has 124 valence electrons. The Bertz CT molecular complexity index is 708. The summed E-state index contributed by atoms with van der Waals surface area (Å²) < 4.78 is 6.43. The Morgan fingerprint density at radius 2 is 2.04 bits per heavy atom. The molecule has 0 aliphatic carbocycles. The minimum absolute atomic E-state index is 0.0995. The number of hydrogen-bond donors (Lipinski definition) is 1. The normalized spacial score (nSPS) is 16.7. The van der Waals surface area contributed by atoms with Crippen molar-refractivity contribution >= 4 is 38.9 Å². The lowest BCUT2D eigenvalue weighted by Crippen LogP contribution is -2.55. The molecule has 3 rings (SSSR count). The quantitative estimate of drug-likeness (QED) is 0.917. The van der Waals surface area contributed by atoms with Gasteiger partial charge >= 0.3 is 0 Å². The van der Waals surface area contributed by atoms with Gasteiger partial charge in [-0.15, -0.1) is 11.3 Å². The van der Waals surface area contributed by atoms with Crippen LogP contribution in [0.3, 0.4) is 0 Å². The number of ether oxygens (including phenoxy) is 1. The molecule has 1 amide bonds. The smallest absolute Gasteiger partial charge is 0.262 e. The predicted molar refractivity (Wildman–Crippen MR) is 95.6 cm³/mol. The molecule has 0 bridgehead atoms. The van der Waals surface area contributed by atoms with Crippen molar-refractivity contribution in [3.05, 3.63) is 34.2 Å². The van der Waals surface area contributed by atoms with Crippen LogP contribution < -0.4 is 5.32 Å². The Morgan fingerprint density at radius 3 is 2.74 bits per heavy atom. The van der Waals surface area contributed by atoms with Crippen molar-refractivity contribution in [2.75, 3.05) is 32.8 Å². The van der Waals surface area contributed by atoms with Crippen molar-refractivity contribution in [1.29, 1.82) is 0 Å². The van der Waals surface area contributed by atoms with Crippen LogP contribution in [0, 0.1) is 0 Å². The first kappa shape index (κ1) is 16.7. The Balaban J connectivity index is 1.69. The highest BCUT2D eigenvalue weighted by Gasteiger charge is 2.29. The highest BCUT2D eigenvalue weighted by molar-refractivity contribution is 7.21. The fourth-order valence-corrected chi connectivity index (χ4v) is 4.25. The van der Waals surface area contributed by atoms with E-state index >= 15 is 0 Å². The number of hydrogen-bond acceptors (Lipinski definition) is 4. The summed E-state index contributed by atoms with van der Waals surface area (Å²) in [6, 6.07) is 7.82. The standard InChI is InChI=1S/C17H21ClN2O2S/c1-17(2,20-7-9-22-10-8-20)11-19-16(21)15-14(18)12-5-3-4-6-13(12)23-15/h3-6H,7-11H2,1-2H3,(H,19,21). The molecule has 1 N–H and O–H groups in total. The molecule has 0 radical (unpaired) electrons. The van der Waals surface area contributed by atoms with E-state index in [1.807, 2.05) is 24.3 Å². The molecule has 0 saturated carbocycles. The Morgan fingerprint density at radius 1 is 1.35 bits per heavy atom. The van der Waals surface area contributed by atoms with E-state index in [0.717, 1.165) is 36.4 Å². The first-order chi connectivity index (χ1) is 11.0. The van der Waals surface area contributed by atoms with Gasteiger partial charge in [-0.25, -0.2) is 0 Å². The van der Waals surface area contributed by atoms with Crippen LogP contribution in [0.15, 0.2) is 24.3 Å². The fraction of sp³-hybridized carbons (Fsp3) is 0.471. The summed E-state index contributed by atoms with van der Waals surface area (Å²) in [4.78, 5) is 15.5.